The molecule has 2 rings (SSSR count). The first-order valence-corrected chi connectivity index (χ1v) is 8.47. The maximum absolute atomic E-state index is 12.7. The van der Waals surface area contributed by atoms with E-state index in [1.54, 1.807) is 24.3 Å². The van der Waals surface area contributed by atoms with Crippen LogP contribution in [-0.4, -0.2) is 30.6 Å². The number of Topliss-reactive ketones (excluding diaryl/α,β-unsaturated/α-hetero) is 2. The summed E-state index contributed by atoms with van der Waals surface area (Å²) in [6.07, 6.45) is 1.91. The number of nitrogens with one attached hydrogen (secondary N) is 1. The summed E-state index contributed by atoms with van der Waals surface area (Å²) in [6, 6.07) is 16.2. The number of benzene rings is 2. The number of anilines is 1. The Morgan fingerprint density at radius 2 is 1.50 bits per heavy atom. The van der Waals surface area contributed by atoms with Gasteiger partial charge in [-0.2, -0.15) is 11.8 Å². The molecule has 22 heavy (non-hydrogen) atoms. The van der Waals surface area contributed by atoms with Crippen LogP contribution in [0.15, 0.2) is 54.6 Å². The molecule has 0 fully saturated rings. The molecule has 0 aromatic heterocycles. The lowest BCUT2D eigenvalue weighted by Gasteiger charge is -2.14. The third-order valence-corrected chi connectivity index (χ3v) is 4.15. The van der Waals surface area contributed by atoms with Crippen LogP contribution in [-0.2, 0) is 0 Å². The minimum absolute atomic E-state index is 0.113. The zero-order chi connectivity index (χ0) is 15.9. The Morgan fingerprint density at radius 1 is 0.955 bits per heavy atom. The summed E-state index contributed by atoms with van der Waals surface area (Å²) >= 11 is 1.51. The Hall–Kier alpha value is -2.07. The van der Waals surface area contributed by atoms with Crippen LogP contribution in [0.5, 0.6) is 0 Å². The van der Waals surface area contributed by atoms with Gasteiger partial charge in [0.25, 0.3) is 0 Å². The summed E-state index contributed by atoms with van der Waals surface area (Å²) < 4.78 is 0. The fourth-order valence-corrected chi connectivity index (χ4v) is 2.88. The molecule has 0 aliphatic rings. The number of ketones is 2. The van der Waals surface area contributed by atoms with Crippen LogP contribution >= 0.6 is 11.8 Å². The molecule has 0 saturated heterocycles. The van der Waals surface area contributed by atoms with Gasteiger partial charge < -0.3 is 5.32 Å². The van der Waals surface area contributed by atoms with E-state index < -0.39 is 5.92 Å². The fraction of sp³-hybridized carbons (Fsp3) is 0.222. The lowest BCUT2D eigenvalue weighted by molar-refractivity contribution is 0.0824. The summed E-state index contributed by atoms with van der Waals surface area (Å²) in [5, 5.41) is 3.01. The highest BCUT2D eigenvalue weighted by molar-refractivity contribution is 7.98. The molecule has 0 bridgehead atoms. The van der Waals surface area contributed by atoms with Crippen LogP contribution < -0.4 is 5.32 Å². The van der Waals surface area contributed by atoms with Gasteiger partial charge in [-0.1, -0.05) is 30.3 Å². The summed E-state index contributed by atoms with van der Waals surface area (Å²) in [4.78, 5) is 25.3. The highest BCUT2D eigenvalue weighted by Crippen LogP contribution is 2.20. The van der Waals surface area contributed by atoms with Crippen LogP contribution in [0.2, 0.25) is 0 Å². The molecule has 2 aromatic rings. The third kappa shape index (κ3) is 3.77. The summed E-state index contributed by atoms with van der Waals surface area (Å²) in [6.45, 7) is 0. The number of thioether (sulfide) groups is 1. The molecule has 0 amide bonds. The predicted octanol–water partition coefficient (Wildman–Crippen LogP) is 3.77. The molecule has 1 N–H and O–H groups in total. The molecule has 0 aliphatic heterocycles. The monoisotopic (exact) mass is 313 g/mol. The Morgan fingerprint density at radius 3 is 2.00 bits per heavy atom. The molecule has 1 unspecified atom stereocenters. The highest BCUT2D eigenvalue weighted by atomic mass is 32.2. The minimum Gasteiger partial charge on any atom is -0.388 e. The van der Waals surface area contributed by atoms with Gasteiger partial charge in [-0.25, -0.2) is 0 Å². The van der Waals surface area contributed by atoms with Crippen molar-refractivity contribution in [2.45, 2.75) is 0 Å². The number of carbonyl (C=O) groups is 2. The first-order valence-electron chi connectivity index (χ1n) is 7.07. The van der Waals surface area contributed by atoms with E-state index >= 15 is 0 Å². The van der Waals surface area contributed by atoms with Crippen molar-refractivity contribution in [2.24, 2.45) is 5.92 Å². The van der Waals surface area contributed by atoms with E-state index in [0.717, 1.165) is 5.69 Å². The quantitative estimate of drug-likeness (QED) is 0.624. The predicted molar refractivity (Wildman–Crippen MR) is 93.0 cm³/mol. The highest BCUT2D eigenvalue weighted by Gasteiger charge is 2.27. The minimum atomic E-state index is -0.641. The van der Waals surface area contributed by atoms with Crippen molar-refractivity contribution in [3.63, 3.8) is 0 Å². The van der Waals surface area contributed by atoms with Gasteiger partial charge in [0.1, 0.15) is 0 Å². The summed E-state index contributed by atoms with van der Waals surface area (Å²) in [5.74, 6) is -0.387. The average molecular weight is 313 g/mol. The van der Waals surface area contributed by atoms with E-state index in [-0.39, 0.29) is 11.6 Å². The largest absolute Gasteiger partial charge is 0.388 e. The van der Waals surface area contributed by atoms with Gasteiger partial charge in [-0.15, -0.1) is 0 Å². The van der Waals surface area contributed by atoms with Gasteiger partial charge in [0, 0.05) is 29.6 Å². The fourth-order valence-electron chi connectivity index (χ4n) is 2.24. The van der Waals surface area contributed by atoms with Crippen LogP contribution in [0.4, 0.5) is 5.69 Å². The van der Waals surface area contributed by atoms with Crippen molar-refractivity contribution in [1.82, 2.24) is 0 Å². The normalized spacial score (nSPS) is 11.7. The SMILES string of the molecule is CNc1ccc(C(=O)C(CSC)C(=O)c2ccccc2)cc1. The van der Waals surface area contributed by atoms with E-state index in [1.807, 2.05) is 43.6 Å². The molecule has 4 heteroatoms. The lowest BCUT2D eigenvalue weighted by atomic mass is 9.91. The molecule has 0 heterocycles. The molecule has 114 valence electrons. The van der Waals surface area contributed by atoms with Gasteiger partial charge in [-0.3, -0.25) is 9.59 Å². The Kier molecular flexibility index (Phi) is 5.78. The first-order chi connectivity index (χ1) is 10.7. The van der Waals surface area contributed by atoms with E-state index in [4.69, 9.17) is 0 Å². The zero-order valence-electron chi connectivity index (χ0n) is 12.7. The second kappa shape index (κ2) is 7.80. The van der Waals surface area contributed by atoms with Crippen molar-refractivity contribution < 1.29 is 9.59 Å². The van der Waals surface area contributed by atoms with Crippen molar-refractivity contribution >= 4 is 29.0 Å². The molecule has 3 nitrogen and oxygen atoms in total. The van der Waals surface area contributed by atoms with Gasteiger partial charge in [-0.05, 0) is 30.5 Å². The van der Waals surface area contributed by atoms with Crippen LogP contribution in [0.3, 0.4) is 0 Å². The van der Waals surface area contributed by atoms with E-state index in [2.05, 4.69) is 5.32 Å². The second-order valence-corrected chi connectivity index (χ2v) is 5.84. The van der Waals surface area contributed by atoms with Crippen molar-refractivity contribution in [2.75, 3.05) is 24.4 Å². The van der Waals surface area contributed by atoms with Crippen LogP contribution in [0.1, 0.15) is 20.7 Å². The van der Waals surface area contributed by atoms with E-state index in [0.29, 0.717) is 16.9 Å². The zero-order valence-corrected chi connectivity index (χ0v) is 13.5. The molecule has 0 spiro atoms. The molecule has 1 atom stereocenters. The van der Waals surface area contributed by atoms with Crippen LogP contribution in [0, 0.1) is 5.92 Å². The topological polar surface area (TPSA) is 46.2 Å². The smallest absolute Gasteiger partial charge is 0.174 e. The van der Waals surface area contributed by atoms with Gasteiger partial charge in [0.15, 0.2) is 11.6 Å². The number of hydrogen-bond donors (Lipinski definition) is 1. The van der Waals surface area contributed by atoms with Gasteiger partial charge >= 0.3 is 0 Å². The standard InChI is InChI=1S/C18H19NO2S/c1-19-15-10-8-14(9-11-15)18(21)16(12-22-2)17(20)13-6-4-3-5-7-13/h3-11,16,19H,12H2,1-2H3. The summed E-state index contributed by atoms with van der Waals surface area (Å²) in [5.41, 5.74) is 2.09. The number of carbonyl (C=O) groups excluding carboxylic acids is 2. The van der Waals surface area contributed by atoms with Crippen molar-refractivity contribution in [1.29, 1.82) is 0 Å². The second-order valence-electron chi connectivity index (χ2n) is 4.93. The summed E-state index contributed by atoms with van der Waals surface area (Å²) in [7, 11) is 1.83. The van der Waals surface area contributed by atoms with Crippen molar-refractivity contribution in [3.8, 4) is 0 Å². The van der Waals surface area contributed by atoms with Crippen molar-refractivity contribution in [3.05, 3.63) is 65.7 Å². The van der Waals surface area contributed by atoms with Gasteiger partial charge in [0.05, 0.1) is 5.92 Å². The Bertz CT molecular complexity index is 638. The maximum atomic E-state index is 12.7. The van der Waals surface area contributed by atoms with Crippen LogP contribution in [0.25, 0.3) is 0 Å². The first kappa shape index (κ1) is 16.3. The Balaban J connectivity index is 2.26. The molecule has 0 aliphatic carbocycles. The number of hydrogen-bond acceptors (Lipinski definition) is 4. The van der Waals surface area contributed by atoms with E-state index in [9.17, 15) is 9.59 Å². The molecule has 2 aromatic carbocycles. The van der Waals surface area contributed by atoms with Gasteiger partial charge in [0.2, 0.25) is 0 Å². The maximum Gasteiger partial charge on any atom is 0.174 e. The third-order valence-electron chi connectivity index (χ3n) is 3.48. The molecule has 0 saturated carbocycles. The molecular weight excluding hydrogens is 294 g/mol. The molecule has 0 radical (unpaired) electrons. The average Bonchev–Trinajstić information content (AvgIpc) is 2.59. The lowest BCUT2D eigenvalue weighted by Crippen LogP contribution is -2.26. The number of rotatable bonds is 7. The molecular formula is C18H19NO2S. The Labute approximate surface area is 135 Å². The van der Waals surface area contributed by atoms with E-state index in [1.165, 1.54) is 11.8 Å².